The molecule has 1 aromatic heterocycles. The molecule has 0 aromatic carbocycles. The van der Waals surface area contributed by atoms with Crippen molar-refractivity contribution >= 4 is 21.7 Å². The van der Waals surface area contributed by atoms with E-state index in [1.165, 1.54) is 12.3 Å². The average molecular weight is 367 g/mol. The van der Waals surface area contributed by atoms with Crippen molar-refractivity contribution in [2.45, 2.75) is 33.2 Å². The molecule has 1 saturated heterocycles. The van der Waals surface area contributed by atoms with Crippen molar-refractivity contribution < 1.29 is 18.0 Å². The molecule has 0 bridgehead atoms. The summed E-state index contributed by atoms with van der Waals surface area (Å²) in [5.74, 6) is -0.173. The summed E-state index contributed by atoms with van der Waals surface area (Å²) in [5.41, 5.74) is 0.525. The largest absolute Gasteiger partial charge is 0.350 e. The molecule has 25 heavy (non-hydrogen) atoms. The van der Waals surface area contributed by atoms with Gasteiger partial charge in [0, 0.05) is 30.9 Å². The monoisotopic (exact) mass is 367 g/mol. The van der Waals surface area contributed by atoms with Crippen molar-refractivity contribution in [1.29, 1.82) is 0 Å². The Balaban J connectivity index is 2.15. The second-order valence-corrected chi connectivity index (χ2v) is 8.91. The summed E-state index contributed by atoms with van der Waals surface area (Å²) < 4.78 is 23.4. The highest BCUT2D eigenvalue weighted by atomic mass is 32.2. The maximum absolute atomic E-state index is 12.8. The molecule has 1 fully saturated rings. The van der Waals surface area contributed by atoms with Gasteiger partial charge in [0.25, 0.3) is 11.8 Å². The standard InChI is InChI=1S/C17H25N3O4S/c1-4-20(14-6-8-25(23,24)11-14)17(22)13-5-7-18-15(9-13)16(21)19-10-12(2)3/h5,7,9,12,14H,4,6,8,10-11H2,1-3H3,(H,19,21). The first-order chi connectivity index (χ1) is 11.7. The number of hydrogen-bond acceptors (Lipinski definition) is 5. The molecule has 1 unspecified atom stereocenters. The van der Waals surface area contributed by atoms with E-state index in [0.29, 0.717) is 31.0 Å². The lowest BCUT2D eigenvalue weighted by atomic mass is 10.1. The Bertz CT molecular complexity index is 746. The molecule has 1 aliphatic heterocycles. The molecular weight excluding hydrogens is 342 g/mol. The summed E-state index contributed by atoms with van der Waals surface area (Å²) in [6, 6.07) is 2.70. The SMILES string of the molecule is CCN(C(=O)c1ccnc(C(=O)NCC(C)C)c1)C1CCS(=O)(=O)C1. The minimum Gasteiger partial charge on any atom is -0.350 e. The second-order valence-electron chi connectivity index (χ2n) is 6.68. The Hall–Kier alpha value is -1.96. The van der Waals surface area contributed by atoms with E-state index in [1.807, 2.05) is 20.8 Å². The topological polar surface area (TPSA) is 96.4 Å². The molecule has 1 N–H and O–H groups in total. The summed E-state index contributed by atoms with van der Waals surface area (Å²) in [7, 11) is -3.07. The van der Waals surface area contributed by atoms with E-state index >= 15 is 0 Å². The molecule has 138 valence electrons. The average Bonchev–Trinajstić information content (AvgIpc) is 2.93. The molecule has 2 heterocycles. The van der Waals surface area contributed by atoms with E-state index < -0.39 is 9.84 Å². The second kappa shape index (κ2) is 7.95. The van der Waals surface area contributed by atoms with Gasteiger partial charge in [0.15, 0.2) is 9.84 Å². The molecule has 1 aliphatic rings. The Morgan fingerprint density at radius 2 is 2.12 bits per heavy atom. The summed E-state index contributed by atoms with van der Waals surface area (Å²) in [6.07, 6.45) is 1.88. The van der Waals surface area contributed by atoms with Crippen LogP contribution in [0, 0.1) is 5.92 Å². The predicted molar refractivity (Wildman–Crippen MR) is 95.2 cm³/mol. The lowest BCUT2D eigenvalue weighted by Crippen LogP contribution is -2.41. The molecule has 8 heteroatoms. The fourth-order valence-electron chi connectivity index (χ4n) is 2.83. The summed E-state index contributed by atoms with van der Waals surface area (Å²) in [5, 5.41) is 2.77. The van der Waals surface area contributed by atoms with Crippen molar-refractivity contribution in [3.05, 3.63) is 29.6 Å². The highest BCUT2D eigenvalue weighted by molar-refractivity contribution is 7.91. The van der Waals surface area contributed by atoms with E-state index in [0.717, 1.165) is 0 Å². The number of nitrogens with zero attached hydrogens (tertiary/aromatic N) is 2. The zero-order valence-corrected chi connectivity index (χ0v) is 15.7. The molecule has 0 saturated carbocycles. The molecule has 2 rings (SSSR count). The summed E-state index contributed by atoms with van der Waals surface area (Å²) in [4.78, 5) is 30.5. The third-order valence-electron chi connectivity index (χ3n) is 4.16. The molecule has 1 aromatic rings. The van der Waals surface area contributed by atoms with Gasteiger partial charge in [-0.25, -0.2) is 8.42 Å². The van der Waals surface area contributed by atoms with Crippen LogP contribution in [0.25, 0.3) is 0 Å². The van der Waals surface area contributed by atoms with Gasteiger partial charge in [-0.1, -0.05) is 13.8 Å². The van der Waals surface area contributed by atoms with Crippen molar-refractivity contribution in [3.63, 3.8) is 0 Å². The Labute approximate surface area is 148 Å². The fourth-order valence-corrected chi connectivity index (χ4v) is 4.56. The molecule has 1 atom stereocenters. The summed E-state index contributed by atoms with van der Waals surface area (Å²) in [6.45, 7) is 6.74. The van der Waals surface area contributed by atoms with Gasteiger partial charge in [0.2, 0.25) is 0 Å². The van der Waals surface area contributed by atoms with Crippen molar-refractivity contribution in [3.8, 4) is 0 Å². The van der Waals surface area contributed by atoms with Gasteiger partial charge >= 0.3 is 0 Å². The highest BCUT2D eigenvalue weighted by Gasteiger charge is 2.34. The first-order valence-corrected chi connectivity index (χ1v) is 10.3. The normalized spacial score (nSPS) is 19.0. The maximum atomic E-state index is 12.8. The number of pyridine rings is 1. The van der Waals surface area contributed by atoms with Crippen LogP contribution in [0.2, 0.25) is 0 Å². The minimum absolute atomic E-state index is 0.000600. The molecule has 0 radical (unpaired) electrons. The molecule has 2 amide bonds. The van der Waals surface area contributed by atoms with E-state index in [-0.39, 0.29) is 35.1 Å². The quantitative estimate of drug-likeness (QED) is 0.813. The summed E-state index contributed by atoms with van der Waals surface area (Å²) >= 11 is 0. The van der Waals surface area contributed by atoms with Crippen molar-refractivity contribution in [1.82, 2.24) is 15.2 Å². The first kappa shape index (κ1) is 19.4. The Morgan fingerprint density at radius 1 is 1.40 bits per heavy atom. The third kappa shape index (κ3) is 5.01. The highest BCUT2D eigenvalue weighted by Crippen LogP contribution is 2.20. The maximum Gasteiger partial charge on any atom is 0.269 e. The van der Waals surface area contributed by atoms with Gasteiger partial charge in [-0.3, -0.25) is 14.6 Å². The van der Waals surface area contributed by atoms with Gasteiger partial charge in [0.1, 0.15) is 5.69 Å². The zero-order valence-electron chi connectivity index (χ0n) is 14.9. The number of aromatic nitrogens is 1. The lowest BCUT2D eigenvalue weighted by molar-refractivity contribution is 0.0708. The van der Waals surface area contributed by atoms with E-state index in [4.69, 9.17) is 0 Å². The molecular formula is C17H25N3O4S. The number of rotatable bonds is 6. The van der Waals surface area contributed by atoms with Gasteiger partial charge in [-0.2, -0.15) is 0 Å². The predicted octanol–water partition coefficient (Wildman–Crippen LogP) is 1.12. The van der Waals surface area contributed by atoms with Crippen LogP contribution in [0.4, 0.5) is 0 Å². The molecule has 0 aliphatic carbocycles. The number of carbonyl (C=O) groups excluding carboxylic acids is 2. The van der Waals surface area contributed by atoms with Crippen LogP contribution in [0.3, 0.4) is 0 Å². The van der Waals surface area contributed by atoms with Crippen molar-refractivity contribution in [2.75, 3.05) is 24.6 Å². The van der Waals surface area contributed by atoms with Crippen LogP contribution in [-0.4, -0.2) is 60.8 Å². The van der Waals surface area contributed by atoms with Crippen LogP contribution in [0.15, 0.2) is 18.3 Å². The van der Waals surface area contributed by atoms with Crippen LogP contribution >= 0.6 is 0 Å². The van der Waals surface area contributed by atoms with E-state index in [2.05, 4.69) is 10.3 Å². The van der Waals surface area contributed by atoms with Gasteiger partial charge < -0.3 is 10.2 Å². The van der Waals surface area contributed by atoms with E-state index in [1.54, 1.807) is 11.0 Å². The number of sulfone groups is 1. The molecule has 7 nitrogen and oxygen atoms in total. The fraction of sp³-hybridized carbons (Fsp3) is 0.588. The number of amides is 2. The van der Waals surface area contributed by atoms with Gasteiger partial charge in [-0.15, -0.1) is 0 Å². The zero-order chi connectivity index (χ0) is 18.6. The van der Waals surface area contributed by atoms with Crippen LogP contribution < -0.4 is 5.32 Å². The number of hydrogen-bond donors (Lipinski definition) is 1. The number of nitrogens with one attached hydrogen (secondary N) is 1. The van der Waals surface area contributed by atoms with Crippen molar-refractivity contribution in [2.24, 2.45) is 5.92 Å². The Kier molecular flexibility index (Phi) is 6.16. The minimum atomic E-state index is -3.07. The van der Waals surface area contributed by atoms with E-state index in [9.17, 15) is 18.0 Å². The Morgan fingerprint density at radius 3 is 2.68 bits per heavy atom. The molecule has 0 spiro atoms. The van der Waals surface area contributed by atoms with Crippen LogP contribution in [0.1, 0.15) is 48.0 Å². The lowest BCUT2D eigenvalue weighted by Gasteiger charge is -2.27. The first-order valence-electron chi connectivity index (χ1n) is 8.49. The van der Waals surface area contributed by atoms with Crippen LogP contribution in [-0.2, 0) is 9.84 Å². The van der Waals surface area contributed by atoms with Gasteiger partial charge in [-0.05, 0) is 31.4 Å². The van der Waals surface area contributed by atoms with Gasteiger partial charge in [0.05, 0.1) is 11.5 Å². The smallest absolute Gasteiger partial charge is 0.269 e. The third-order valence-corrected chi connectivity index (χ3v) is 5.91. The number of carbonyl (C=O) groups is 2. The van der Waals surface area contributed by atoms with Crippen LogP contribution in [0.5, 0.6) is 0 Å².